The molecule has 0 bridgehead atoms. The lowest BCUT2D eigenvalue weighted by Crippen LogP contribution is -2.38. The number of hydrogen-bond acceptors (Lipinski definition) is 3. The summed E-state index contributed by atoms with van der Waals surface area (Å²) in [6, 6.07) is 9.91. The smallest absolute Gasteiger partial charge is 0.253 e. The molecule has 1 aromatic carbocycles. The van der Waals surface area contributed by atoms with Gasteiger partial charge in [-0.1, -0.05) is 19.1 Å². The Hall–Kier alpha value is -2.10. The first-order valence-corrected chi connectivity index (χ1v) is 10.6. The zero-order valence-electron chi connectivity index (χ0n) is 19.6. The van der Waals surface area contributed by atoms with Crippen LogP contribution in [-0.2, 0) is 13.0 Å². The normalized spacial score (nSPS) is 12.1. The van der Waals surface area contributed by atoms with Gasteiger partial charge in [0, 0.05) is 51.5 Å². The fourth-order valence-electron chi connectivity index (χ4n) is 3.24. The summed E-state index contributed by atoms with van der Waals surface area (Å²) in [6.45, 7) is 11.5. The van der Waals surface area contributed by atoms with Gasteiger partial charge >= 0.3 is 0 Å². The summed E-state index contributed by atoms with van der Waals surface area (Å²) in [4.78, 5) is 18.5. The molecule has 0 aliphatic carbocycles. The highest BCUT2D eigenvalue weighted by Gasteiger charge is 2.09. The summed E-state index contributed by atoms with van der Waals surface area (Å²) < 4.78 is 2.05. The van der Waals surface area contributed by atoms with Crippen LogP contribution in [0.3, 0.4) is 0 Å². The van der Waals surface area contributed by atoms with Gasteiger partial charge in [-0.3, -0.25) is 14.5 Å². The van der Waals surface area contributed by atoms with Crippen LogP contribution in [0.4, 0.5) is 0 Å². The fraction of sp³-hybridized carbons (Fsp3) is 0.522. The Bertz CT molecular complexity index is 862. The first-order valence-electron chi connectivity index (χ1n) is 10.6. The molecule has 31 heavy (non-hydrogen) atoms. The average molecular weight is 540 g/mol. The maximum Gasteiger partial charge on any atom is 0.253 e. The van der Waals surface area contributed by atoms with Crippen molar-refractivity contribution in [2.45, 2.75) is 40.7 Å². The van der Waals surface area contributed by atoms with E-state index in [0.717, 1.165) is 55.4 Å². The number of nitrogens with zero attached hydrogens (tertiary/aromatic N) is 4. The molecular formula is C23H37IN6O. The van der Waals surface area contributed by atoms with Crippen LogP contribution in [0.2, 0.25) is 0 Å². The standard InChI is InChI=1S/C23H36N6O.HI/c1-7-24-23(26-15-17(2)16-29-19(4)13-18(3)27-29)25-12-11-20-9-8-10-21(14-20)22(30)28(5)6;/h8-10,13-14,17H,7,11-12,15-16H2,1-6H3,(H2,24,25,26);1H. The Morgan fingerprint density at radius 1 is 1.23 bits per heavy atom. The third kappa shape index (κ3) is 8.88. The van der Waals surface area contributed by atoms with Gasteiger partial charge in [0.2, 0.25) is 0 Å². The molecule has 0 aliphatic rings. The van der Waals surface area contributed by atoms with Gasteiger partial charge in [-0.15, -0.1) is 24.0 Å². The second-order valence-electron chi connectivity index (χ2n) is 8.01. The topological polar surface area (TPSA) is 74.5 Å². The van der Waals surface area contributed by atoms with Crippen molar-refractivity contribution in [2.24, 2.45) is 10.9 Å². The Balaban J connectivity index is 0.00000480. The molecule has 7 nitrogen and oxygen atoms in total. The minimum Gasteiger partial charge on any atom is -0.357 e. The largest absolute Gasteiger partial charge is 0.357 e. The molecule has 1 amide bonds. The van der Waals surface area contributed by atoms with Crippen molar-refractivity contribution < 1.29 is 4.79 Å². The second-order valence-corrected chi connectivity index (χ2v) is 8.01. The van der Waals surface area contributed by atoms with Crippen LogP contribution in [0.25, 0.3) is 0 Å². The van der Waals surface area contributed by atoms with Gasteiger partial charge in [0.05, 0.1) is 5.69 Å². The number of hydrogen-bond donors (Lipinski definition) is 2. The first-order chi connectivity index (χ1) is 14.3. The van der Waals surface area contributed by atoms with Gasteiger partial charge in [0.1, 0.15) is 0 Å². The highest BCUT2D eigenvalue weighted by molar-refractivity contribution is 14.0. The Morgan fingerprint density at radius 2 is 1.97 bits per heavy atom. The van der Waals surface area contributed by atoms with E-state index in [9.17, 15) is 4.79 Å². The van der Waals surface area contributed by atoms with Crippen LogP contribution in [0.1, 0.15) is 41.2 Å². The molecule has 1 heterocycles. The lowest BCUT2D eigenvalue weighted by molar-refractivity contribution is 0.0827. The maximum atomic E-state index is 12.1. The number of aryl methyl sites for hydroxylation is 2. The summed E-state index contributed by atoms with van der Waals surface area (Å²) in [6.07, 6.45) is 0.820. The molecular weight excluding hydrogens is 503 g/mol. The van der Waals surface area contributed by atoms with Crippen LogP contribution in [0.5, 0.6) is 0 Å². The monoisotopic (exact) mass is 540 g/mol. The molecule has 2 rings (SSSR count). The molecule has 0 fully saturated rings. The number of guanidine groups is 1. The zero-order chi connectivity index (χ0) is 22.1. The molecule has 2 N–H and O–H groups in total. The van der Waals surface area contributed by atoms with E-state index in [4.69, 9.17) is 4.99 Å². The van der Waals surface area contributed by atoms with E-state index in [2.05, 4.69) is 53.3 Å². The Morgan fingerprint density at radius 3 is 2.58 bits per heavy atom. The predicted octanol–water partition coefficient (Wildman–Crippen LogP) is 3.25. The summed E-state index contributed by atoms with van der Waals surface area (Å²) in [7, 11) is 3.54. The summed E-state index contributed by atoms with van der Waals surface area (Å²) >= 11 is 0. The number of benzene rings is 1. The molecule has 2 aromatic rings. The van der Waals surface area contributed by atoms with Crippen molar-refractivity contribution in [3.63, 3.8) is 0 Å². The number of rotatable bonds is 9. The molecule has 172 valence electrons. The van der Waals surface area contributed by atoms with Crippen molar-refractivity contribution in [2.75, 3.05) is 33.7 Å². The summed E-state index contributed by atoms with van der Waals surface area (Å²) in [5.74, 6) is 1.22. The highest BCUT2D eigenvalue weighted by Crippen LogP contribution is 2.08. The van der Waals surface area contributed by atoms with Crippen LogP contribution >= 0.6 is 24.0 Å². The molecule has 8 heteroatoms. The van der Waals surface area contributed by atoms with Crippen molar-refractivity contribution in [3.05, 3.63) is 52.8 Å². The van der Waals surface area contributed by atoms with Gasteiger partial charge in [0.25, 0.3) is 5.91 Å². The first kappa shape index (κ1) is 26.9. The van der Waals surface area contributed by atoms with Crippen LogP contribution in [0, 0.1) is 19.8 Å². The number of carbonyl (C=O) groups excluding carboxylic acids is 1. The van der Waals surface area contributed by atoms with Crippen LogP contribution in [0.15, 0.2) is 35.3 Å². The Labute approximate surface area is 203 Å². The minimum atomic E-state index is 0. The Kier molecular flexibility index (Phi) is 11.6. The SMILES string of the molecule is CCNC(=NCC(C)Cn1nc(C)cc1C)NCCc1cccc(C(=O)N(C)C)c1.I. The van der Waals surface area contributed by atoms with Gasteiger partial charge < -0.3 is 15.5 Å². The number of nitrogens with one attached hydrogen (secondary N) is 2. The molecule has 1 atom stereocenters. The number of halogens is 1. The van der Waals surface area contributed by atoms with E-state index in [1.54, 1.807) is 19.0 Å². The number of aliphatic imine (C=N–C) groups is 1. The predicted molar refractivity (Wildman–Crippen MR) is 138 cm³/mol. The van der Waals surface area contributed by atoms with E-state index in [1.165, 1.54) is 5.69 Å². The van der Waals surface area contributed by atoms with Crippen molar-refractivity contribution in [3.8, 4) is 0 Å². The van der Waals surface area contributed by atoms with Crippen LogP contribution < -0.4 is 10.6 Å². The van der Waals surface area contributed by atoms with Gasteiger partial charge in [0.15, 0.2) is 5.96 Å². The third-order valence-corrected chi connectivity index (χ3v) is 4.78. The molecule has 0 radical (unpaired) electrons. The summed E-state index contributed by atoms with van der Waals surface area (Å²) in [5, 5.41) is 11.2. The number of carbonyl (C=O) groups is 1. The van der Waals surface area contributed by atoms with Crippen molar-refractivity contribution >= 4 is 35.8 Å². The summed E-state index contributed by atoms with van der Waals surface area (Å²) in [5.41, 5.74) is 4.08. The fourth-order valence-corrected chi connectivity index (χ4v) is 3.24. The molecule has 1 unspecified atom stereocenters. The van der Waals surface area contributed by atoms with Crippen LogP contribution in [-0.4, -0.2) is 60.3 Å². The molecule has 0 spiro atoms. The van der Waals surface area contributed by atoms with Crippen molar-refractivity contribution in [1.29, 1.82) is 0 Å². The molecule has 1 aromatic heterocycles. The van der Waals surface area contributed by atoms with E-state index >= 15 is 0 Å². The van der Waals surface area contributed by atoms with E-state index in [0.29, 0.717) is 5.92 Å². The molecule has 0 saturated heterocycles. The number of aromatic nitrogens is 2. The van der Waals surface area contributed by atoms with Gasteiger partial charge in [-0.05, 0) is 56.9 Å². The highest BCUT2D eigenvalue weighted by atomic mass is 127. The molecule has 0 aliphatic heterocycles. The van der Waals surface area contributed by atoms with E-state index < -0.39 is 0 Å². The van der Waals surface area contributed by atoms with Crippen molar-refractivity contribution in [1.82, 2.24) is 25.3 Å². The van der Waals surface area contributed by atoms with E-state index in [-0.39, 0.29) is 29.9 Å². The van der Waals surface area contributed by atoms with Gasteiger partial charge in [-0.2, -0.15) is 5.10 Å². The van der Waals surface area contributed by atoms with Gasteiger partial charge in [-0.25, -0.2) is 0 Å². The lowest BCUT2D eigenvalue weighted by atomic mass is 10.1. The third-order valence-electron chi connectivity index (χ3n) is 4.78. The number of amides is 1. The lowest BCUT2D eigenvalue weighted by Gasteiger charge is -2.15. The minimum absolute atomic E-state index is 0. The average Bonchev–Trinajstić information content (AvgIpc) is 3.02. The maximum absolute atomic E-state index is 12.1. The molecule has 0 saturated carbocycles. The second kappa shape index (κ2) is 13.3. The quantitative estimate of drug-likeness (QED) is 0.291. The zero-order valence-corrected chi connectivity index (χ0v) is 21.9. The van der Waals surface area contributed by atoms with E-state index in [1.807, 2.05) is 25.1 Å².